The van der Waals surface area contributed by atoms with E-state index in [0.717, 1.165) is 37.7 Å². The molecular weight excluding hydrogens is 354 g/mol. The maximum atomic E-state index is 13.4. The van der Waals surface area contributed by atoms with Gasteiger partial charge in [-0.25, -0.2) is 14.6 Å². The molecule has 4 saturated carbocycles. The van der Waals surface area contributed by atoms with E-state index in [1.807, 2.05) is 12.1 Å². The Bertz CT molecular complexity index is 900. The summed E-state index contributed by atoms with van der Waals surface area (Å²) in [6, 6.07) is 3.81. The van der Waals surface area contributed by atoms with Gasteiger partial charge >= 0.3 is 0 Å². The van der Waals surface area contributed by atoms with Gasteiger partial charge < -0.3 is 10.4 Å². The third-order valence-corrected chi connectivity index (χ3v) is 7.33. The number of aromatic nitrogens is 4. The second-order valence-corrected chi connectivity index (χ2v) is 9.38. The highest BCUT2D eigenvalue weighted by atomic mass is 16.3. The molecule has 0 saturated heterocycles. The molecule has 0 radical (unpaired) electrons. The Kier molecular flexibility index (Phi) is 3.88. The van der Waals surface area contributed by atoms with E-state index in [1.165, 1.54) is 12.7 Å². The summed E-state index contributed by atoms with van der Waals surface area (Å²) in [7, 11) is 0. The smallest absolute Gasteiger partial charge is 0.226 e. The number of aliphatic hydroxyl groups is 1. The Balaban J connectivity index is 1.37. The van der Waals surface area contributed by atoms with Crippen LogP contribution in [0, 0.1) is 16.7 Å². The van der Waals surface area contributed by atoms with E-state index in [9.17, 15) is 9.90 Å². The van der Waals surface area contributed by atoms with Gasteiger partial charge in [0.1, 0.15) is 12.7 Å². The van der Waals surface area contributed by atoms with Crippen molar-refractivity contribution in [1.82, 2.24) is 25.1 Å². The zero-order chi connectivity index (χ0) is 19.4. The Morgan fingerprint density at radius 1 is 1.32 bits per heavy atom. The minimum Gasteiger partial charge on any atom is -0.390 e. The van der Waals surface area contributed by atoms with Crippen molar-refractivity contribution in [3.8, 4) is 5.82 Å². The fourth-order valence-electron chi connectivity index (χ4n) is 6.69. The molecule has 28 heavy (non-hydrogen) atoms. The average molecular weight is 381 g/mol. The van der Waals surface area contributed by atoms with Crippen LogP contribution < -0.4 is 5.32 Å². The number of carbonyl (C=O) groups excluding carboxylic acids is 1. The summed E-state index contributed by atoms with van der Waals surface area (Å²) < 4.78 is 1.61. The third-order valence-electron chi connectivity index (χ3n) is 7.33. The molecule has 0 spiro atoms. The van der Waals surface area contributed by atoms with Crippen molar-refractivity contribution < 1.29 is 9.90 Å². The maximum absolute atomic E-state index is 13.4. The van der Waals surface area contributed by atoms with Crippen molar-refractivity contribution in [2.45, 2.75) is 64.0 Å². The number of nitrogens with one attached hydrogen (secondary N) is 1. The van der Waals surface area contributed by atoms with Crippen LogP contribution in [-0.2, 0) is 11.3 Å². The van der Waals surface area contributed by atoms with Gasteiger partial charge in [0.25, 0.3) is 0 Å². The second-order valence-electron chi connectivity index (χ2n) is 9.38. The number of amides is 1. The van der Waals surface area contributed by atoms with Crippen LogP contribution in [0.3, 0.4) is 0 Å². The SMILES string of the molecule is CCC12CC3CC(O)(C1)CC(C(=O)NCc1cccnc1-n1cncn1)(C3)C2. The molecule has 7 nitrogen and oxygen atoms in total. The molecule has 7 heteroatoms. The number of rotatable bonds is 5. The average Bonchev–Trinajstić information content (AvgIpc) is 3.19. The van der Waals surface area contributed by atoms with Crippen molar-refractivity contribution in [2.24, 2.45) is 16.7 Å². The van der Waals surface area contributed by atoms with Crippen molar-refractivity contribution in [3.63, 3.8) is 0 Å². The summed E-state index contributed by atoms with van der Waals surface area (Å²) in [5, 5.41) is 18.5. The van der Waals surface area contributed by atoms with Crippen LogP contribution >= 0.6 is 0 Å². The minimum atomic E-state index is -0.660. The van der Waals surface area contributed by atoms with Crippen molar-refractivity contribution in [1.29, 1.82) is 0 Å². The predicted octanol–water partition coefficient (Wildman–Crippen LogP) is 2.39. The third kappa shape index (κ3) is 2.75. The summed E-state index contributed by atoms with van der Waals surface area (Å²) in [5.74, 6) is 1.23. The van der Waals surface area contributed by atoms with Crippen molar-refractivity contribution in [3.05, 3.63) is 36.5 Å². The van der Waals surface area contributed by atoms with Gasteiger partial charge in [-0.3, -0.25) is 4.79 Å². The Morgan fingerprint density at radius 3 is 2.96 bits per heavy atom. The largest absolute Gasteiger partial charge is 0.390 e. The van der Waals surface area contributed by atoms with Gasteiger partial charge in [-0.2, -0.15) is 5.10 Å². The number of carbonyl (C=O) groups is 1. The van der Waals surface area contributed by atoms with E-state index >= 15 is 0 Å². The van der Waals surface area contributed by atoms with E-state index < -0.39 is 11.0 Å². The Labute approximate surface area is 164 Å². The first-order valence-electron chi connectivity index (χ1n) is 10.2. The predicted molar refractivity (Wildman–Crippen MR) is 102 cm³/mol. The van der Waals surface area contributed by atoms with Crippen LogP contribution in [0.4, 0.5) is 0 Å². The molecule has 4 fully saturated rings. The molecule has 4 atom stereocenters. The normalized spacial score (nSPS) is 35.9. The fourth-order valence-corrected chi connectivity index (χ4v) is 6.69. The summed E-state index contributed by atoms with van der Waals surface area (Å²) in [4.78, 5) is 21.8. The van der Waals surface area contributed by atoms with E-state index in [-0.39, 0.29) is 11.3 Å². The Hall–Kier alpha value is -2.28. The summed E-state index contributed by atoms with van der Waals surface area (Å²) in [5.41, 5.74) is -0.0617. The number of hydrogen-bond donors (Lipinski definition) is 2. The molecule has 6 rings (SSSR count). The molecule has 2 aromatic heterocycles. The van der Waals surface area contributed by atoms with Gasteiger partial charge in [-0.1, -0.05) is 19.4 Å². The number of pyridine rings is 1. The van der Waals surface area contributed by atoms with Crippen molar-refractivity contribution in [2.75, 3.05) is 0 Å². The van der Waals surface area contributed by atoms with Crippen LogP contribution in [0.25, 0.3) is 5.82 Å². The first-order valence-corrected chi connectivity index (χ1v) is 10.2. The molecule has 4 aliphatic carbocycles. The second kappa shape index (κ2) is 6.11. The lowest BCUT2D eigenvalue weighted by Gasteiger charge is -2.64. The molecule has 0 aliphatic heterocycles. The lowest BCUT2D eigenvalue weighted by Crippen LogP contribution is -2.63. The summed E-state index contributed by atoms with van der Waals surface area (Å²) >= 11 is 0. The van der Waals surface area contributed by atoms with Crippen LogP contribution in [0.15, 0.2) is 31.0 Å². The highest BCUT2D eigenvalue weighted by Gasteiger charge is 2.64. The van der Waals surface area contributed by atoms with Crippen LogP contribution in [0.1, 0.15) is 57.4 Å². The molecule has 2 aromatic rings. The van der Waals surface area contributed by atoms with Gasteiger partial charge in [0.15, 0.2) is 5.82 Å². The quantitative estimate of drug-likeness (QED) is 0.830. The van der Waals surface area contributed by atoms with Gasteiger partial charge in [0, 0.05) is 18.3 Å². The molecule has 148 valence electrons. The zero-order valence-corrected chi connectivity index (χ0v) is 16.3. The summed E-state index contributed by atoms with van der Waals surface area (Å²) in [6.45, 7) is 2.61. The minimum absolute atomic E-state index is 0.0845. The van der Waals surface area contributed by atoms with Gasteiger partial charge in [0.05, 0.1) is 11.0 Å². The molecular formula is C21H27N5O2. The first kappa shape index (κ1) is 17.8. The molecule has 1 amide bonds. The van der Waals surface area contributed by atoms with E-state index in [0.29, 0.717) is 24.7 Å². The number of hydrogen-bond acceptors (Lipinski definition) is 5. The van der Waals surface area contributed by atoms with Crippen LogP contribution in [-0.4, -0.2) is 36.4 Å². The monoisotopic (exact) mass is 381 g/mol. The zero-order valence-electron chi connectivity index (χ0n) is 16.3. The molecule has 4 bridgehead atoms. The first-order chi connectivity index (χ1) is 13.4. The highest BCUT2D eigenvalue weighted by molar-refractivity contribution is 5.83. The maximum Gasteiger partial charge on any atom is 0.226 e. The lowest BCUT2D eigenvalue weighted by atomic mass is 9.42. The standard InChI is InChI=1S/C21H27N5O2/c1-2-19-6-15-7-20(10-19,12-21(28,8-15)11-19)18(27)24-9-16-4-3-5-23-17(16)26-14-22-13-25-26/h3-5,13-15,28H,2,6-12H2,1H3,(H,24,27). The summed E-state index contributed by atoms with van der Waals surface area (Å²) in [6.07, 6.45) is 11.1. The van der Waals surface area contributed by atoms with E-state index in [1.54, 1.807) is 17.2 Å². The Morgan fingerprint density at radius 2 is 2.21 bits per heavy atom. The fraction of sp³-hybridized carbons (Fsp3) is 0.619. The topological polar surface area (TPSA) is 92.9 Å². The van der Waals surface area contributed by atoms with E-state index in [4.69, 9.17) is 0 Å². The van der Waals surface area contributed by atoms with Crippen molar-refractivity contribution >= 4 is 5.91 Å². The van der Waals surface area contributed by atoms with E-state index in [2.05, 4.69) is 27.3 Å². The van der Waals surface area contributed by atoms with Crippen LogP contribution in [0.5, 0.6) is 0 Å². The molecule has 4 unspecified atom stereocenters. The molecule has 2 N–H and O–H groups in total. The van der Waals surface area contributed by atoms with Gasteiger partial charge in [0.2, 0.25) is 5.91 Å². The highest BCUT2D eigenvalue weighted by Crippen LogP contribution is 2.67. The lowest BCUT2D eigenvalue weighted by molar-refractivity contribution is -0.204. The molecule has 0 aromatic carbocycles. The van der Waals surface area contributed by atoms with Crippen LogP contribution in [0.2, 0.25) is 0 Å². The number of nitrogens with zero attached hydrogens (tertiary/aromatic N) is 4. The molecule has 4 aliphatic rings. The molecule has 2 heterocycles. The van der Waals surface area contributed by atoms with Gasteiger partial charge in [-0.15, -0.1) is 0 Å². The van der Waals surface area contributed by atoms with Gasteiger partial charge in [-0.05, 0) is 55.9 Å².